The van der Waals surface area contributed by atoms with Crippen LogP contribution in [0.3, 0.4) is 0 Å². The molecule has 0 unspecified atom stereocenters. The third-order valence-electron chi connectivity index (χ3n) is 3.17. The number of ether oxygens (including phenoxy) is 1. The number of para-hydroxylation sites is 1. The maximum atomic E-state index is 5.68. The van der Waals surface area contributed by atoms with E-state index in [-0.39, 0.29) is 0 Å². The summed E-state index contributed by atoms with van der Waals surface area (Å²) in [6.45, 7) is 7.77. The summed E-state index contributed by atoms with van der Waals surface area (Å²) in [5, 5.41) is 4.53. The topological polar surface area (TPSA) is 26.2 Å². The second-order valence-electron chi connectivity index (χ2n) is 5.36. The molecule has 1 heterocycles. The molecule has 0 amide bonds. The summed E-state index contributed by atoms with van der Waals surface area (Å²) >= 11 is 0. The summed E-state index contributed by atoms with van der Waals surface area (Å²) in [7, 11) is 1.98. The number of benzene rings is 1. The molecule has 0 aliphatic carbocycles. The summed E-state index contributed by atoms with van der Waals surface area (Å²) in [5.41, 5.74) is 2.67. The van der Waals surface area contributed by atoms with E-state index in [0.29, 0.717) is 5.92 Å². The average Bonchev–Trinajstić information content (AvgIpc) is 2.79. The number of hydrogen-bond acceptors (Lipinski definition) is 2. The second kappa shape index (κ2) is 6.73. The van der Waals surface area contributed by atoms with Gasteiger partial charge in [0.05, 0.1) is 12.1 Å². The van der Waals surface area contributed by atoms with E-state index in [0.717, 1.165) is 26.3 Å². The lowest BCUT2D eigenvalue weighted by atomic mass is 10.1. The molecule has 0 atom stereocenters. The summed E-state index contributed by atoms with van der Waals surface area (Å²) in [5.74, 6) is 0.598. The first-order valence-electron chi connectivity index (χ1n) is 7.01. The highest BCUT2D eigenvalue weighted by Crippen LogP contribution is 2.20. The van der Waals surface area contributed by atoms with Crippen LogP contribution in [0.2, 0.25) is 0 Å². The van der Waals surface area contributed by atoms with Gasteiger partial charge in [-0.15, -0.1) is 0 Å². The van der Waals surface area contributed by atoms with E-state index in [2.05, 4.69) is 54.2 Å². The Morgan fingerprint density at radius 2 is 2.11 bits per heavy atom. The second-order valence-corrected chi connectivity index (χ2v) is 5.36. The smallest absolute Gasteiger partial charge is 0.0645 e. The van der Waals surface area contributed by atoms with Crippen LogP contribution in [0.1, 0.15) is 19.4 Å². The normalized spacial score (nSPS) is 11.6. The Morgan fingerprint density at radius 1 is 1.26 bits per heavy atom. The van der Waals surface area contributed by atoms with Gasteiger partial charge in [-0.1, -0.05) is 32.0 Å². The molecule has 0 saturated carbocycles. The van der Waals surface area contributed by atoms with Gasteiger partial charge in [0.15, 0.2) is 0 Å². The monoisotopic (exact) mass is 260 g/mol. The Kier molecular flexibility index (Phi) is 5.00. The molecule has 3 heteroatoms. The molecule has 1 aromatic heterocycles. The van der Waals surface area contributed by atoms with Crippen LogP contribution in [0, 0.1) is 5.92 Å². The van der Waals surface area contributed by atoms with E-state index in [1.807, 2.05) is 7.05 Å². The maximum absolute atomic E-state index is 5.68. The first-order valence-corrected chi connectivity index (χ1v) is 7.01. The third-order valence-corrected chi connectivity index (χ3v) is 3.17. The van der Waals surface area contributed by atoms with Crippen molar-refractivity contribution in [3.63, 3.8) is 0 Å². The van der Waals surface area contributed by atoms with Crippen molar-refractivity contribution in [2.45, 2.75) is 26.9 Å². The molecule has 3 nitrogen and oxygen atoms in total. The number of nitrogens with zero attached hydrogens (tertiary/aromatic N) is 1. The number of fused-ring (bicyclic) bond motifs is 1. The number of hydrogen-bond donors (Lipinski definition) is 1. The zero-order valence-corrected chi connectivity index (χ0v) is 12.1. The van der Waals surface area contributed by atoms with Crippen LogP contribution in [0.4, 0.5) is 0 Å². The van der Waals surface area contributed by atoms with Crippen molar-refractivity contribution in [1.82, 2.24) is 9.88 Å². The van der Waals surface area contributed by atoms with E-state index < -0.39 is 0 Å². The third kappa shape index (κ3) is 3.58. The molecular formula is C16H24N2O. The molecule has 0 bridgehead atoms. The van der Waals surface area contributed by atoms with Crippen molar-refractivity contribution in [1.29, 1.82) is 0 Å². The highest BCUT2D eigenvalue weighted by molar-refractivity contribution is 5.83. The van der Waals surface area contributed by atoms with E-state index in [9.17, 15) is 0 Å². The van der Waals surface area contributed by atoms with Crippen LogP contribution in [-0.2, 0) is 17.8 Å². The molecule has 104 valence electrons. The minimum absolute atomic E-state index is 0.598. The lowest BCUT2D eigenvalue weighted by molar-refractivity contribution is 0.104. The van der Waals surface area contributed by atoms with Crippen molar-refractivity contribution >= 4 is 10.9 Å². The minimum Gasteiger partial charge on any atom is -0.379 e. The maximum Gasteiger partial charge on any atom is 0.0645 e. The van der Waals surface area contributed by atoms with Gasteiger partial charge >= 0.3 is 0 Å². The number of rotatable bonds is 7. The summed E-state index contributed by atoms with van der Waals surface area (Å²) in [6.07, 6.45) is 2.16. The number of nitrogens with one attached hydrogen (secondary N) is 1. The summed E-state index contributed by atoms with van der Waals surface area (Å²) < 4.78 is 7.97. The van der Waals surface area contributed by atoms with Gasteiger partial charge in [-0.25, -0.2) is 0 Å². The fourth-order valence-corrected chi connectivity index (χ4v) is 2.34. The molecule has 1 N–H and O–H groups in total. The molecule has 2 rings (SSSR count). The highest BCUT2D eigenvalue weighted by atomic mass is 16.5. The predicted molar refractivity (Wildman–Crippen MR) is 80.4 cm³/mol. The lowest BCUT2D eigenvalue weighted by Gasteiger charge is -2.11. The van der Waals surface area contributed by atoms with E-state index in [1.165, 1.54) is 16.5 Å². The molecule has 0 fully saturated rings. The Bertz CT molecular complexity index is 516. The Hall–Kier alpha value is -1.32. The van der Waals surface area contributed by atoms with Gasteiger partial charge in [-0.05, 0) is 30.0 Å². The first-order chi connectivity index (χ1) is 9.22. The SMILES string of the molecule is CNCc1cccc2ccn(CCOCC(C)C)c12. The van der Waals surface area contributed by atoms with Crippen LogP contribution < -0.4 is 5.32 Å². The van der Waals surface area contributed by atoms with Crippen LogP contribution in [0.5, 0.6) is 0 Å². The molecule has 1 aromatic carbocycles. The van der Waals surface area contributed by atoms with Crippen molar-refractivity contribution in [2.75, 3.05) is 20.3 Å². The van der Waals surface area contributed by atoms with Crippen LogP contribution in [0.25, 0.3) is 10.9 Å². The van der Waals surface area contributed by atoms with Crippen molar-refractivity contribution < 1.29 is 4.74 Å². The molecule has 19 heavy (non-hydrogen) atoms. The minimum atomic E-state index is 0.598. The Balaban J connectivity index is 2.10. The molecule has 0 spiro atoms. The van der Waals surface area contributed by atoms with Gasteiger partial charge in [-0.2, -0.15) is 0 Å². The lowest BCUT2D eigenvalue weighted by Crippen LogP contribution is -2.11. The first kappa shape index (κ1) is 14.1. The van der Waals surface area contributed by atoms with E-state index in [1.54, 1.807) is 0 Å². The van der Waals surface area contributed by atoms with Crippen molar-refractivity contribution in [3.8, 4) is 0 Å². The summed E-state index contributed by atoms with van der Waals surface area (Å²) in [6, 6.07) is 8.65. The Morgan fingerprint density at radius 3 is 2.84 bits per heavy atom. The number of aromatic nitrogens is 1. The molecule has 0 aliphatic rings. The standard InChI is InChI=1S/C16H24N2O/c1-13(2)12-19-10-9-18-8-7-14-5-4-6-15(11-17-3)16(14)18/h4-8,13,17H,9-12H2,1-3H3. The quantitative estimate of drug-likeness (QED) is 0.774. The molecule has 2 aromatic rings. The zero-order chi connectivity index (χ0) is 13.7. The van der Waals surface area contributed by atoms with Gasteiger partial charge in [0.2, 0.25) is 0 Å². The average molecular weight is 260 g/mol. The van der Waals surface area contributed by atoms with Gasteiger partial charge in [0.25, 0.3) is 0 Å². The van der Waals surface area contributed by atoms with Crippen LogP contribution >= 0.6 is 0 Å². The van der Waals surface area contributed by atoms with Gasteiger partial charge < -0.3 is 14.6 Å². The van der Waals surface area contributed by atoms with E-state index in [4.69, 9.17) is 4.74 Å². The predicted octanol–water partition coefficient (Wildman–Crippen LogP) is 3.03. The van der Waals surface area contributed by atoms with Gasteiger partial charge in [0, 0.05) is 25.9 Å². The zero-order valence-electron chi connectivity index (χ0n) is 12.1. The van der Waals surface area contributed by atoms with Crippen LogP contribution in [-0.4, -0.2) is 24.8 Å². The molecular weight excluding hydrogens is 236 g/mol. The largest absolute Gasteiger partial charge is 0.379 e. The molecule has 0 aliphatic heterocycles. The van der Waals surface area contributed by atoms with Crippen molar-refractivity contribution in [3.05, 3.63) is 36.0 Å². The van der Waals surface area contributed by atoms with E-state index >= 15 is 0 Å². The molecule has 0 radical (unpaired) electrons. The molecule has 0 saturated heterocycles. The summed E-state index contributed by atoms with van der Waals surface area (Å²) in [4.78, 5) is 0. The highest BCUT2D eigenvalue weighted by Gasteiger charge is 2.06. The fraction of sp³-hybridized carbons (Fsp3) is 0.500. The fourth-order valence-electron chi connectivity index (χ4n) is 2.34. The van der Waals surface area contributed by atoms with Gasteiger partial charge in [-0.3, -0.25) is 0 Å². The van der Waals surface area contributed by atoms with Gasteiger partial charge in [0.1, 0.15) is 0 Å². The Labute approximate surface area is 115 Å². The van der Waals surface area contributed by atoms with Crippen molar-refractivity contribution in [2.24, 2.45) is 5.92 Å². The van der Waals surface area contributed by atoms with Crippen LogP contribution in [0.15, 0.2) is 30.5 Å².